The van der Waals surface area contributed by atoms with Crippen molar-refractivity contribution in [2.24, 2.45) is 11.1 Å². The molecule has 1 atom stereocenters. The monoisotopic (exact) mass is 509 g/mol. The lowest BCUT2D eigenvalue weighted by molar-refractivity contribution is -0.167. The zero-order chi connectivity index (χ0) is 26.7. The van der Waals surface area contributed by atoms with Gasteiger partial charge in [-0.15, -0.1) is 0 Å². The number of rotatable bonds is 10. The van der Waals surface area contributed by atoms with E-state index in [1.807, 2.05) is 6.92 Å². The topological polar surface area (TPSA) is 128 Å². The number of nitrogens with one attached hydrogen (secondary N) is 2. The molecule has 1 fully saturated rings. The number of aromatic nitrogens is 2. The molecular weight excluding hydrogens is 479 g/mol. The number of hydrogen-bond donors (Lipinski definition) is 3. The van der Waals surface area contributed by atoms with Gasteiger partial charge in [-0.05, 0) is 57.2 Å². The van der Waals surface area contributed by atoms with Crippen LogP contribution in [0.4, 0.5) is 30.6 Å². The normalized spacial score (nSPS) is 14.7. The van der Waals surface area contributed by atoms with Crippen molar-refractivity contribution in [3.63, 3.8) is 0 Å². The molecule has 0 amide bonds. The number of nitrogens with zero attached hydrogens (tertiary/aromatic N) is 2. The van der Waals surface area contributed by atoms with Crippen LogP contribution in [0.5, 0.6) is 5.75 Å². The van der Waals surface area contributed by atoms with Gasteiger partial charge in [0, 0.05) is 12.2 Å². The highest BCUT2D eigenvalue weighted by molar-refractivity contribution is 5.90. The molecule has 0 aliphatic heterocycles. The maximum Gasteiger partial charge on any atom is 0.421 e. The van der Waals surface area contributed by atoms with E-state index in [4.69, 9.17) is 15.2 Å². The third-order valence-corrected chi connectivity index (χ3v) is 5.91. The summed E-state index contributed by atoms with van der Waals surface area (Å²) in [6, 6.07) is 3.75. The standard InChI is InChI=1S/C24H30F3N5O4/c1-5-23(2,3)21(34)36-20(33)16(28)10-13-6-9-17(18(11-13)35-4)31-22-29-12-15(24(25,26)27)19(32-22)30-14-7-8-14/h6,9,11-12,14,16H,5,7-8,10,28H2,1-4H3,(H2,29,30,31,32)/t16-/m0/s1. The van der Waals surface area contributed by atoms with Crippen LogP contribution in [0.25, 0.3) is 0 Å². The van der Waals surface area contributed by atoms with Gasteiger partial charge in [0.25, 0.3) is 0 Å². The van der Waals surface area contributed by atoms with Gasteiger partial charge in [0.2, 0.25) is 5.95 Å². The highest BCUT2D eigenvalue weighted by Crippen LogP contribution is 2.37. The van der Waals surface area contributed by atoms with E-state index in [1.54, 1.807) is 32.0 Å². The Hall–Kier alpha value is -3.41. The molecule has 1 aromatic heterocycles. The Labute approximate surface area is 207 Å². The van der Waals surface area contributed by atoms with Crippen molar-refractivity contribution in [1.82, 2.24) is 9.97 Å². The fraction of sp³-hybridized carbons (Fsp3) is 0.500. The number of carbonyl (C=O) groups excluding carboxylic acids is 2. The molecule has 3 rings (SSSR count). The Morgan fingerprint density at radius 3 is 2.53 bits per heavy atom. The van der Waals surface area contributed by atoms with Crippen molar-refractivity contribution in [2.45, 2.75) is 64.7 Å². The summed E-state index contributed by atoms with van der Waals surface area (Å²) in [5.74, 6) is -1.49. The summed E-state index contributed by atoms with van der Waals surface area (Å²) < 4.78 is 50.3. The lowest BCUT2D eigenvalue weighted by Crippen LogP contribution is -2.38. The second-order valence-electron chi connectivity index (χ2n) is 9.29. The molecule has 1 aromatic carbocycles. The van der Waals surface area contributed by atoms with E-state index in [2.05, 4.69) is 20.6 Å². The quantitative estimate of drug-likeness (QED) is 0.319. The van der Waals surface area contributed by atoms with Gasteiger partial charge in [-0.2, -0.15) is 18.2 Å². The van der Waals surface area contributed by atoms with Crippen LogP contribution in [-0.4, -0.2) is 41.1 Å². The van der Waals surface area contributed by atoms with Crippen LogP contribution in [0.2, 0.25) is 0 Å². The first-order chi connectivity index (χ1) is 16.8. The number of anilines is 3. The van der Waals surface area contributed by atoms with E-state index in [1.165, 1.54) is 7.11 Å². The Bertz CT molecular complexity index is 1120. The Morgan fingerprint density at radius 2 is 1.94 bits per heavy atom. The lowest BCUT2D eigenvalue weighted by atomic mass is 9.91. The van der Waals surface area contributed by atoms with Gasteiger partial charge < -0.3 is 25.8 Å². The van der Waals surface area contributed by atoms with Gasteiger partial charge in [0.1, 0.15) is 23.2 Å². The number of alkyl halides is 3. The third-order valence-electron chi connectivity index (χ3n) is 5.91. The van der Waals surface area contributed by atoms with Crippen molar-refractivity contribution in [3.05, 3.63) is 35.5 Å². The zero-order valence-corrected chi connectivity index (χ0v) is 20.5. The summed E-state index contributed by atoms with van der Waals surface area (Å²) in [7, 11) is 1.41. The second-order valence-corrected chi connectivity index (χ2v) is 9.29. The zero-order valence-electron chi connectivity index (χ0n) is 20.5. The van der Waals surface area contributed by atoms with E-state index in [-0.39, 0.29) is 24.2 Å². The molecule has 0 bridgehead atoms. The number of benzene rings is 1. The molecule has 12 heteroatoms. The van der Waals surface area contributed by atoms with Crippen molar-refractivity contribution in [1.29, 1.82) is 0 Å². The fourth-order valence-electron chi connectivity index (χ4n) is 3.05. The van der Waals surface area contributed by atoms with E-state index < -0.39 is 35.1 Å². The predicted molar refractivity (Wildman–Crippen MR) is 127 cm³/mol. The molecular formula is C24H30F3N5O4. The summed E-state index contributed by atoms with van der Waals surface area (Å²) in [6.45, 7) is 5.17. The van der Waals surface area contributed by atoms with Crippen LogP contribution in [0.3, 0.4) is 0 Å². The number of nitrogens with two attached hydrogens (primary N) is 1. The summed E-state index contributed by atoms with van der Waals surface area (Å²) in [6.07, 6.45) is -1.74. The van der Waals surface area contributed by atoms with Gasteiger partial charge in [-0.25, -0.2) is 9.78 Å². The molecule has 1 saturated carbocycles. The minimum absolute atomic E-state index is 0.0399. The van der Waals surface area contributed by atoms with E-state index in [0.29, 0.717) is 23.4 Å². The molecule has 196 valence electrons. The second kappa shape index (κ2) is 10.7. The summed E-state index contributed by atoms with van der Waals surface area (Å²) in [4.78, 5) is 32.2. The number of carbonyl (C=O) groups is 2. The molecule has 0 unspecified atom stereocenters. The van der Waals surface area contributed by atoms with Gasteiger partial charge in [-0.3, -0.25) is 4.79 Å². The summed E-state index contributed by atoms with van der Waals surface area (Å²) in [5, 5.41) is 5.66. The average molecular weight is 510 g/mol. The Morgan fingerprint density at radius 1 is 1.25 bits per heavy atom. The predicted octanol–water partition coefficient (Wildman–Crippen LogP) is 4.20. The Balaban J connectivity index is 1.73. The van der Waals surface area contributed by atoms with Crippen LogP contribution in [0.15, 0.2) is 24.4 Å². The molecule has 0 radical (unpaired) electrons. The average Bonchev–Trinajstić information content (AvgIpc) is 3.63. The molecule has 4 N–H and O–H groups in total. The highest BCUT2D eigenvalue weighted by Gasteiger charge is 2.37. The molecule has 1 aliphatic rings. The van der Waals surface area contributed by atoms with Gasteiger partial charge in [0.05, 0.1) is 18.2 Å². The number of esters is 2. The van der Waals surface area contributed by atoms with Crippen LogP contribution >= 0.6 is 0 Å². The van der Waals surface area contributed by atoms with Crippen LogP contribution in [0.1, 0.15) is 51.2 Å². The highest BCUT2D eigenvalue weighted by atomic mass is 19.4. The lowest BCUT2D eigenvalue weighted by Gasteiger charge is -2.20. The van der Waals surface area contributed by atoms with Crippen LogP contribution in [-0.2, 0) is 26.9 Å². The van der Waals surface area contributed by atoms with Crippen LogP contribution in [0, 0.1) is 5.41 Å². The largest absolute Gasteiger partial charge is 0.495 e. The minimum Gasteiger partial charge on any atom is -0.495 e. The first-order valence-electron chi connectivity index (χ1n) is 11.5. The van der Waals surface area contributed by atoms with Gasteiger partial charge in [0.15, 0.2) is 0 Å². The van der Waals surface area contributed by atoms with Gasteiger partial charge >= 0.3 is 18.1 Å². The number of ether oxygens (including phenoxy) is 2. The molecule has 0 spiro atoms. The molecule has 1 heterocycles. The maximum absolute atomic E-state index is 13.3. The molecule has 36 heavy (non-hydrogen) atoms. The molecule has 1 aliphatic carbocycles. The first-order valence-corrected chi connectivity index (χ1v) is 11.5. The minimum atomic E-state index is -4.59. The van der Waals surface area contributed by atoms with E-state index in [0.717, 1.165) is 19.0 Å². The maximum atomic E-state index is 13.3. The van der Waals surface area contributed by atoms with Crippen molar-refractivity contribution in [3.8, 4) is 5.75 Å². The smallest absolute Gasteiger partial charge is 0.421 e. The van der Waals surface area contributed by atoms with E-state index >= 15 is 0 Å². The summed E-state index contributed by atoms with van der Waals surface area (Å²) >= 11 is 0. The molecule has 2 aromatic rings. The first kappa shape index (κ1) is 27.2. The Kier molecular flexibility index (Phi) is 8.07. The fourth-order valence-corrected chi connectivity index (χ4v) is 3.05. The van der Waals surface area contributed by atoms with Crippen molar-refractivity contribution < 1.29 is 32.2 Å². The molecule has 0 saturated heterocycles. The van der Waals surface area contributed by atoms with Gasteiger partial charge in [-0.1, -0.05) is 13.0 Å². The van der Waals surface area contributed by atoms with Crippen LogP contribution < -0.4 is 21.1 Å². The number of hydrogen-bond acceptors (Lipinski definition) is 9. The van der Waals surface area contributed by atoms with Crippen molar-refractivity contribution >= 4 is 29.4 Å². The summed E-state index contributed by atoms with van der Waals surface area (Å²) in [5.41, 5.74) is 5.21. The van der Waals surface area contributed by atoms with Crippen molar-refractivity contribution in [2.75, 3.05) is 17.7 Å². The van der Waals surface area contributed by atoms with E-state index in [9.17, 15) is 22.8 Å². The third kappa shape index (κ3) is 6.84. The number of halogens is 3. The molecule has 9 nitrogen and oxygen atoms in total. The number of methoxy groups -OCH3 is 1. The SMILES string of the molecule is CCC(C)(C)C(=O)OC(=O)[C@@H](N)Cc1ccc(Nc2ncc(C(F)(F)F)c(NC3CC3)n2)c(OC)c1.